The first-order valence-corrected chi connectivity index (χ1v) is 6.87. The molecule has 1 aliphatic rings. The molecule has 21 heavy (non-hydrogen) atoms. The van der Waals surface area contributed by atoms with E-state index < -0.39 is 0 Å². The molecule has 1 N–H and O–H groups in total. The topological polar surface area (TPSA) is 54.5 Å². The molecule has 0 aliphatic carbocycles. The number of nitrogens with one attached hydrogen (secondary N) is 1. The zero-order chi connectivity index (χ0) is 14.8. The van der Waals surface area contributed by atoms with Crippen LogP contribution in [0.5, 0.6) is 5.88 Å². The Kier molecular flexibility index (Phi) is 3.48. The second-order valence-corrected chi connectivity index (χ2v) is 4.96. The molecule has 0 saturated carbocycles. The Morgan fingerprint density at radius 1 is 1.24 bits per heavy atom. The number of para-hydroxylation sites is 1. The average Bonchev–Trinajstić information content (AvgIpc) is 2.65. The lowest BCUT2D eigenvalue weighted by Crippen LogP contribution is -2.20. The molecule has 0 radical (unpaired) electrons. The summed E-state index contributed by atoms with van der Waals surface area (Å²) >= 11 is 0. The minimum absolute atomic E-state index is 0.000647. The van der Waals surface area contributed by atoms with Crippen molar-refractivity contribution >= 4 is 23.1 Å². The van der Waals surface area contributed by atoms with Crippen LogP contribution in [0.25, 0.3) is 0 Å². The van der Waals surface area contributed by atoms with Gasteiger partial charge in [-0.3, -0.25) is 4.79 Å². The van der Waals surface area contributed by atoms with Gasteiger partial charge >= 0.3 is 0 Å². The van der Waals surface area contributed by atoms with Crippen molar-refractivity contribution in [1.82, 2.24) is 4.98 Å². The van der Waals surface area contributed by atoms with E-state index in [1.807, 2.05) is 24.3 Å². The van der Waals surface area contributed by atoms with Crippen LogP contribution in [0, 0.1) is 6.92 Å². The Labute approximate surface area is 123 Å². The van der Waals surface area contributed by atoms with Crippen molar-refractivity contribution in [2.45, 2.75) is 13.3 Å². The van der Waals surface area contributed by atoms with Crippen LogP contribution in [0.15, 0.2) is 36.4 Å². The van der Waals surface area contributed by atoms with E-state index in [1.54, 1.807) is 13.2 Å². The summed E-state index contributed by atoms with van der Waals surface area (Å²) in [6.45, 7) is 2.64. The Morgan fingerprint density at radius 2 is 2.05 bits per heavy atom. The summed E-state index contributed by atoms with van der Waals surface area (Å²) in [5, 5.41) is 2.89. The van der Waals surface area contributed by atoms with Gasteiger partial charge in [0.15, 0.2) is 5.82 Å². The largest absolute Gasteiger partial charge is 0.481 e. The highest BCUT2D eigenvalue weighted by molar-refractivity contribution is 5.96. The highest BCUT2D eigenvalue weighted by atomic mass is 16.5. The van der Waals surface area contributed by atoms with Gasteiger partial charge in [0.05, 0.1) is 12.8 Å². The number of carbonyl (C=O) groups is 1. The van der Waals surface area contributed by atoms with E-state index in [9.17, 15) is 4.79 Å². The number of anilines is 3. The summed E-state index contributed by atoms with van der Waals surface area (Å²) in [6.07, 6.45) is 0.424. The number of pyridine rings is 1. The lowest BCUT2D eigenvalue weighted by molar-refractivity contribution is -0.115. The SMILES string of the molecule is COc1ccc2c(n1)N(c1ccccc1C)CCC(=O)N2. The van der Waals surface area contributed by atoms with Crippen LogP contribution in [-0.4, -0.2) is 24.5 Å². The van der Waals surface area contributed by atoms with E-state index in [1.165, 1.54) is 0 Å². The normalized spacial score (nSPS) is 14.2. The number of carbonyl (C=O) groups excluding carboxylic acids is 1. The van der Waals surface area contributed by atoms with Gasteiger partial charge < -0.3 is 15.0 Å². The molecular weight excluding hydrogens is 266 g/mol. The maximum absolute atomic E-state index is 11.9. The maximum Gasteiger partial charge on any atom is 0.226 e. The molecule has 5 nitrogen and oxygen atoms in total. The molecule has 108 valence electrons. The van der Waals surface area contributed by atoms with Gasteiger partial charge in [-0.2, -0.15) is 4.98 Å². The molecule has 0 saturated heterocycles. The van der Waals surface area contributed by atoms with Gasteiger partial charge in [0.25, 0.3) is 0 Å². The van der Waals surface area contributed by atoms with Crippen LogP contribution >= 0.6 is 0 Å². The minimum atomic E-state index is -0.000647. The number of benzene rings is 1. The molecule has 2 aromatic rings. The number of nitrogens with zero attached hydrogens (tertiary/aromatic N) is 2. The van der Waals surface area contributed by atoms with E-state index in [4.69, 9.17) is 4.74 Å². The summed E-state index contributed by atoms with van der Waals surface area (Å²) in [5.41, 5.74) is 2.90. The molecular formula is C16H17N3O2. The van der Waals surface area contributed by atoms with Crippen molar-refractivity contribution in [2.75, 3.05) is 23.9 Å². The highest BCUT2D eigenvalue weighted by Crippen LogP contribution is 2.35. The number of rotatable bonds is 2. The first kappa shape index (κ1) is 13.4. The van der Waals surface area contributed by atoms with Crippen LogP contribution in [-0.2, 0) is 4.79 Å². The first-order chi connectivity index (χ1) is 10.2. The summed E-state index contributed by atoms with van der Waals surface area (Å²) in [7, 11) is 1.59. The van der Waals surface area contributed by atoms with Crippen LogP contribution in [0.2, 0.25) is 0 Å². The number of hydrogen-bond acceptors (Lipinski definition) is 4. The zero-order valence-electron chi connectivity index (χ0n) is 12.1. The van der Waals surface area contributed by atoms with Gasteiger partial charge in [-0.05, 0) is 24.6 Å². The molecule has 1 aromatic carbocycles. The summed E-state index contributed by atoms with van der Waals surface area (Å²) < 4.78 is 5.21. The summed E-state index contributed by atoms with van der Waals surface area (Å²) in [6, 6.07) is 11.7. The average molecular weight is 283 g/mol. The Balaban J connectivity index is 2.14. The van der Waals surface area contributed by atoms with Gasteiger partial charge in [0.1, 0.15) is 0 Å². The third-order valence-electron chi connectivity index (χ3n) is 3.56. The number of amides is 1. The smallest absolute Gasteiger partial charge is 0.226 e. The van der Waals surface area contributed by atoms with E-state index in [2.05, 4.69) is 28.2 Å². The third-order valence-corrected chi connectivity index (χ3v) is 3.56. The van der Waals surface area contributed by atoms with Crippen molar-refractivity contribution < 1.29 is 9.53 Å². The van der Waals surface area contributed by atoms with Crippen LogP contribution in [0.1, 0.15) is 12.0 Å². The maximum atomic E-state index is 11.9. The zero-order valence-corrected chi connectivity index (χ0v) is 12.1. The molecule has 2 heterocycles. The van der Waals surface area contributed by atoms with E-state index in [0.29, 0.717) is 24.5 Å². The van der Waals surface area contributed by atoms with Gasteiger partial charge in [0.2, 0.25) is 11.8 Å². The van der Waals surface area contributed by atoms with Gasteiger partial charge in [-0.25, -0.2) is 0 Å². The monoisotopic (exact) mass is 283 g/mol. The fraction of sp³-hybridized carbons (Fsp3) is 0.250. The molecule has 0 unspecified atom stereocenters. The predicted molar refractivity (Wildman–Crippen MR) is 82.2 cm³/mol. The lowest BCUT2D eigenvalue weighted by Gasteiger charge is -2.25. The minimum Gasteiger partial charge on any atom is -0.481 e. The van der Waals surface area contributed by atoms with E-state index >= 15 is 0 Å². The number of fused-ring (bicyclic) bond motifs is 1. The van der Waals surface area contributed by atoms with Crippen LogP contribution in [0.3, 0.4) is 0 Å². The molecule has 0 fully saturated rings. The fourth-order valence-corrected chi connectivity index (χ4v) is 2.48. The Hall–Kier alpha value is -2.56. The number of aryl methyl sites for hydroxylation is 1. The third kappa shape index (κ3) is 2.54. The molecule has 3 rings (SSSR count). The van der Waals surface area contributed by atoms with Crippen molar-refractivity contribution in [3.05, 3.63) is 42.0 Å². The second-order valence-electron chi connectivity index (χ2n) is 4.96. The van der Waals surface area contributed by atoms with Crippen molar-refractivity contribution in [2.24, 2.45) is 0 Å². The number of ether oxygens (including phenoxy) is 1. The molecule has 1 aromatic heterocycles. The quantitative estimate of drug-likeness (QED) is 0.920. The molecule has 5 heteroatoms. The first-order valence-electron chi connectivity index (χ1n) is 6.87. The van der Waals surface area contributed by atoms with Crippen LogP contribution in [0.4, 0.5) is 17.2 Å². The summed E-state index contributed by atoms with van der Waals surface area (Å²) in [5.74, 6) is 1.25. The standard InChI is InChI=1S/C16H17N3O2/c1-11-5-3-4-6-13(11)19-10-9-14(20)17-12-7-8-15(21-2)18-16(12)19/h3-8H,9-10H2,1-2H3,(H,17,20). The van der Waals surface area contributed by atoms with Crippen molar-refractivity contribution in [3.8, 4) is 5.88 Å². The van der Waals surface area contributed by atoms with Gasteiger partial charge in [-0.1, -0.05) is 18.2 Å². The summed E-state index contributed by atoms with van der Waals surface area (Å²) in [4.78, 5) is 18.4. The molecule has 0 bridgehead atoms. The fourth-order valence-electron chi connectivity index (χ4n) is 2.48. The molecule has 1 aliphatic heterocycles. The van der Waals surface area contributed by atoms with E-state index in [-0.39, 0.29) is 5.91 Å². The van der Waals surface area contributed by atoms with Crippen LogP contribution < -0.4 is 15.0 Å². The molecule has 0 atom stereocenters. The Bertz CT molecular complexity index is 685. The van der Waals surface area contributed by atoms with Gasteiger partial charge in [0, 0.05) is 24.7 Å². The predicted octanol–water partition coefficient (Wildman–Crippen LogP) is 2.88. The molecule has 0 spiro atoms. The number of methoxy groups -OCH3 is 1. The Morgan fingerprint density at radius 3 is 2.81 bits per heavy atom. The van der Waals surface area contributed by atoms with E-state index in [0.717, 1.165) is 17.1 Å². The molecule has 1 amide bonds. The highest BCUT2D eigenvalue weighted by Gasteiger charge is 2.23. The number of aromatic nitrogens is 1. The second kappa shape index (κ2) is 5.44. The lowest BCUT2D eigenvalue weighted by atomic mass is 10.1. The van der Waals surface area contributed by atoms with Gasteiger partial charge in [-0.15, -0.1) is 0 Å². The number of hydrogen-bond donors (Lipinski definition) is 1. The van der Waals surface area contributed by atoms with Crippen molar-refractivity contribution in [1.29, 1.82) is 0 Å². The van der Waals surface area contributed by atoms with Crippen molar-refractivity contribution in [3.63, 3.8) is 0 Å².